The van der Waals surface area contributed by atoms with Gasteiger partial charge in [0.15, 0.2) is 0 Å². The molecule has 0 aromatic heterocycles. The molecule has 0 heterocycles. The number of ether oxygens (including phenoxy) is 1. The summed E-state index contributed by atoms with van der Waals surface area (Å²) in [5.74, 6) is -0.925. The highest BCUT2D eigenvalue weighted by molar-refractivity contribution is 5.99. The number of hydrogen-bond acceptors (Lipinski definition) is 5. The molecule has 0 spiro atoms. The Morgan fingerprint density at radius 2 is 1.55 bits per heavy atom. The highest BCUT2D eigenvalue weighted by Gasteiger charge is 2.32. The van der Waals surface area contributed by atoms with Crippen LogP contribution in [0.4, 0.5) is 13.2 Å². The number of para-hydroxylation sites is 1. The molecule has 2 amide bonds. The Balaban J connectivity index is 1.72. The summed E-state index contributed by atoms with van der Waals surface area (Å²) in [6, 6.07) is 20.8. The van der Waals surface area contributed by atoms with Crippen molar-refractivity contribution in [2.75, 3.05) is 19.6 Å². The lowest BCUT2D eigenvalue weighted by atomic mass is 10.00. The fraction of sp³-hybridized carbons (Fsp3) is 0.375. The van der Waals surface area contributed by atoms with Crippen molar-refractivity contribution in [3.8, 4) is 5.75 Å². The summed E-state index contributed by atoms with van der Waals surface area (Å²) in [4.78, 5) is 28.2. The molecule has 3 aromatic rings. The molecule has 0 aliphatic heterocycles. The van der Waals surface area contributed by atoms with Gasteiger partial charge in [-0.3, -0.25) is 9.59 Å². The monoisotopic (exact) mass is 585 g/mol. The number of amides is 2. The second kappa shape index (κ2) is 15.9. The minimum absolute atomic E-state index is 0.00545. The van der Waals surface area contributed by atoms with Crippen molar-refractivity contribution in [2.24, 2.45) is 0 Å². The van der Waals surface area contributed by atoms with E-state index in [0.717, 1.165) is 18.4 Å². The van der Waals surface area contributed by atoms with Crippen LogP contribution in [0.3, 0.4) is 0 Å². The average Bonchev–Trinajstić information content (AvgIpc) is 2.97. The molecule has 3 N–H and O–H groups in total. The van der Waals surface area contributed by atoms with Crippen LogP contribution in [0.15, 0.2) is 78.9 Å². The van der Waals surface area contributed by atoms with Crippen LogP contribution < -0.4 is 15.4 Å². The van der Waals surface area contributed by atoms with Gasteiger partial charge in [-0.05, 0) is 49.1 Å². The molecule has 0 saturated heterocycles. The molecule has 3 aromatic carbocycles. The number of rotatable bonds is 15. The number of alkyl halides is 3. The summed E-state index contributed by atoms with van der Waals surface area (Å²) in [5, 5.41) is 16.9. The van der Waals surface area contributed by atoms with Crippen molar-refractivity contribution in [3.05, 3.63) is 101 Å². The molecule has 226 valence electrons. The summed E-state index contributed by atoms with van der Waals surface area (Å²) < 4.78 is 42.4. The summed E-state index contributed by atoms with van der Waals surface area (Å²) in [5.41, 5.74) is 1.84. The molecule has 0 bridgehead atoms. The fourth-order valence-corrected chi connectivity index (χ4v) is 4.60. The standard InChI is InChI=1S/C32H38F3N3O4/c1-3-17-38(18-4-2)31(41)25-15-10-14-24(20-25)30(40)37-27(19-23-11-6-5-7-12-23)28(39)22-36-21-26-13-8-9-16-29(26)42-32(33,34)35/h5-16,20,27-28,36,39H,3-4,17-19,21-22H2,1-2H3,(H,37,40)/t27-,28+/m0/s1. The number of aliphatic hydroxyl groups is 1. The van der Waals surface area contributed by atoms with Gasteiger partial charge in [0.05, 0.1) is 12.1 Å². The van der Waals surface area contributed by atoms with Crippen molar-refractivity contribution < 1.29 is 32.6 Å². The molecule has 0 unspecified atom stereocenters. The van der Waals surface area contributed by atoms with Crippen LogP contribution in [0.5, 0.6) is 5.75 Å². The van der Waals surface area contributed by atoms with Gasteiger partial charge in [-0.25, -0.2) is 0 Å². The van der Waals surface area contributed by atoms with Crippen LogP contribution in [-0.4, -0.2) is 60.0 Å². The molecule has 0 fully saturated rings. The van der Waals surface area contributed by atoms with Gasteiger partial charge in [0.1, 0.15) is 5.75 Å². The van der Waals surface area contributed by atoms with E-state index in [1.807, 2.05) is 44.2 Å². The lowest BCUT2D eigenvalue weighted by molar-refractivity contribution is -0.274. The third-order valence-electron chi connectivity index (χ3n) is 6.59. The SMILES string of the molecule is CCCN(CCC)C(=O)c1cccc(C(=O)N[C@@H](Cc2ccccc2)[C@H](O)CNCc2ccccc2OC(F)(F)F)c1. The molecule has 3 rings (SSSR count). The molecule has 2 atom stereocenters. The maximum atomic E-state index is 13.3. The zero-order valence-corrected chi connectivity index (χ0v) is 23.9. The zero-order chi connectivity index (χ0) is 30.5. The highest BCUT2D eigenvalue weighted by atomic mass is 19.4. The van der Waals surface area contributed by atoms with E-state index in [1.54, 1.807) is 35.2 Å². The van der Waals surface area contributed by atoms with E-state index in [9.17, 15) is 27.9 Å². The fourth-order valence-electron chi connectivity index (χ4n) is 4.60. The van der Waals surface area contributed by atoms with E-state index >= 15 is 0 Å². The zero-order valence-electron chi connectivity index (χ0n) is 23.9. The smallest absolute Gasteiger partial charge is 0.405 e. The third kappa shape index (κ3) is 10.2. The van der Waals surface area contributed by atoms with Crippen LogP contribution in [0.25, 0.3) is 0 Å². The Morgan fingerprint density at radius 1 is 0.905 bits per heavy atom. The van der Waals surface area contributed by atoms with Crippen LogP contribution >= 0.6 is 0 Å². The Hall–Kier alpha value is -3.89. The number of nitrogens with zero attached hydrogens (tertiary/aromatic N) is 1. The summed E-state index contributed by atoms with van der Waals surface area (Å²) in [6.45, 7) is 5.23. The second-order valence-electron chi connectivity index (χ2n) is 10.00. The molecule has 42 heavy (non-hydrogen) atoms. The van der Waals surface area contributed by atoms with E-state index in [1.165, 1.54) is 18.2 Å². The van der Waals surface area contributed by atoms with Crippen LogP contribution in [-0.2, 0) is 13.0 Å². The van der Waals surface area contributed by atoms with Crippen molar-refractivity contribution in [3.63, 3.8) is 0 Å². The van der Waals surface area contributed by atoms with E-state index in [-0.39, 0.29) is 35.9 Å². The van der Waals surface area contributed by atoms with Gasteiger partial charge < -0.3 is 25.4 Å². The van der Waals surface area contributed by atoms with E-state index in [2.05, 4.69) is 15.4 Å². The molecular weight excluding hydrogens is 547 g/mol. The number of benzene rings is 3. The van der Waals surface area contributed by atoms with Crippen LogP contribution in [0.1, 0.15) is 58.5 Å². The molecule has 0 radical (unpaired) electrons. The first-order valence-electron chi connectivity index (χ1n) is 14.1. The number of nitrogens with one attached hydrogen (secondary N) is 2. The first kappa shape index (κ1) is 32.6. The molecule has 7 nitrogen and oxygen atoms in total. The predicted octanol–water partition coefficient (Wildman–Crippen LogP) is 5.34. The van der Waals surface area contributed by atoms with E-state index in [4.69, 9.17) is 0 Å². The maximum Gasteiger partial charge on any atom is 0.573 e. The van der Waals surface area contributed by atoms with Gasteiger partial charge in [-0.15, -0.1) is 13.2 Å². The van der Waals surface area contributed by atoms with Gasteiger partial charge in [0, 0.05) is 42.9 Å². The Kier molecular flexibility index (Phi) is 12.4. The van der Waals surface area contributed by atoms with E-state index in [0.29, 0.717) is 25.1 Å². The maximum absolute atomic E-state index is 13.3. The summed E-state index contributed by atoms with van der Waals surface area (Å²) >= 11 is 0. The molecule has 0 aliphatic carbocycles. The van der Waals surface area contributed by atoms with Gasteiger partial charge >= 0.3 is 6.36 Å². The Bertz CT molecular complexity index is 1280. The normalized spacial score (nSPS) is 12.8. The van der Waals surface area contributed by atoms with Gasteiger partial charge in [0.2, 0.25) is 0 Å². The van der Waals surface area contributed by atoms with Gasteiger partial charge in [-0.1, -0.05) is 68.4 Å². The number of halogens is 3. The number of hydrogen-bond donors (Lipinski definition) is 3. The minimum Gasteiger partial charge on any atom is -0.405 e. The molecule has 0 saturated carbocycles. The first-order valence-corrected chi connectivity index (χ1v) is 14.1. The number of carbonyl (C=O) groups excluding carboxylic acids is 2. The van der Waals surface area contributed by atoms with Crippen molar-refractivity contribution >= 4 is 11.8 Å². The van der Waals surface area contributed by atoms with Crippen LogP contribution in [0, 0.1) is 0 Å². The molecule has 10 heteroatoms. The predicted molar refractivity (Wildman–Crippen MR) is 155 cm³/mol. The third-order valence-corrected chi connectivity index (χ3v) is 6.59. The van der Waals surface area contributed by atoms with E-state index < -0.39 is 24.4 Å². The lowest BCUT2D eigenvalue weighted by Gasteiger charge is -2.25. The summed E-state index contributed by atoms with van der Waals surface area (Å²) in [7, 11) is 0. The van der Waals surface area contributed by atoms with Crippen molar-refractivity contribution in [1.29, 1.82) is 0 Å². The number of aliphatic hydroxyl groups excluding tert-OH is 1. The largest absolute Gasteiger partial charge is 0.573 e. The van der Waals surface area contributed by atoms with Crippen molar-refractivity contribution in [1.82, 2.24) is 15.5 Å². The quantitative estimate of drug-likeness (QED) is 0.224. The van der Waals surface area contributed by atoms with Crippen LogP contribution in [0.2, 0.25) is 0 Å². The molecule has 0 aliphatic rings. The topological polar surface area (TPSA) is 90.9 Å². The number of carbonyl (C=O) groups is 2. The van der Waals surface area contributed by atoms with Crippen molar-refractivity contribution in [2.45, 2.75) is 58.2 Å². The Morgan fingerprint density at radius 3 is 2.21 bits per heavy atom. The lowest BCUT2D eigenvalue weighted by Crippen LogP contribution is -2.48. The second-order valence-corrected chi connectivity index (χ2v) is 10.00. The highest BCUT2D eigenvalue weighted by Crippen LogP contribution is 2.26. The Labute approximate surface area is 244 Å². The van der Waals surface area contributed by atoms with Gasteiger partial charge in [0.25, 0.3) is 11.8 Å². The average molecular weight is 586 g/mol. The first-order chi connectivity index (χ1) is 20.1. The van der Waals surface area contributed by atoms with Gasteiger partial charge in [-0.2, -0.15) is 0 Å². The molecular formula is C32H38F3N3O4. The summed E-state index contributed by atoms with van der Waals surface area (Å²) in [6.07, 6.45) is -3.96. The minimum atomic E-state index is -4.83.